The van der Waals surface area contributed by atoms with Gasteiger partial charge in [-0.2, -0.15) is 5.10 Å². The van der Waals surface area contributed by atoms with Crippen LogP contribution in [0, 0.1) is 13.8 Å². The van der Waals surface area contributed by atoms with Crippen molar-refractivity contribution >= 4 is 23.6 Å². The average Bonchev–Trinajstić information content (AvgIpc) is 2.90. The van der Waals surface area contributed by atoms with Crippen molar-refractivity contribution in [2.24, 2.45) is 7.05 Å². The molecule has 6 nitrogen and oxygen atoms in total. The van der Waals surface area contributed by atoms with E-state index in [1.165, 1.54) is 16.7 Å². The van der Waals surface area contributed by atoms with Gasteiger partial charge in [0.25, 0.3) is 0 Å². The lowest BCUT2D eigenvalue weighted by atomic mass is 10.1. The van der Waals surface area contributed by atoms with Crippen molar-refractivity contribution in [2.45, 2.75) is 26.3 Å². The van der Waals surface area contributed by atoms with Gasteiger partial charge < -0.3 is 10.0 Å². The first-order valence-electron chi connectivity index (χ1n) is 6.01. The molecule has 0 unspecified atom stereocenters. The fraction of sp³-hybridized carbons (Fsp3) is 0.583. The van der Waals surface area contributed by atoms with Gasteiger partial charge in [-0.05, 0) is 13.8 Å². The van der Waals surface area contributed by atoms with Crippen molar-refractivity contribution in [3.8, 4) is 0 Å². The number of carboxylic acids is 1. The summed E-state index contributed by atoms with van der Waals surface area (Å²) in [4.78, 5) is 24.8. The second-order valence-corrected chi connectivity index (χ2v) is 5.67. The Bertz CT molecular complexity index is 527. The highest BCUT2D eigenvalue weighted by atomic mass is 32.2. The Balaban J connectivity index is 2.15. The molecule has 0 saturated carbocycles. The summed E-state index contributed by atoms with van der Waals surface area (Å²) in [6, 6.07) is -0.699. The number of carboxylic acid groups (broad SMARTS) is 1. The molecule has 1 aromatic heterocycles. The van der Waals surface area contributed by atoms with Gasteiger partial charge in [0, 0.05) is 24.1 Å². The fourth-order valence-corrected chi connectivity index (χ4v) is 3.39. The van der Waals surface area contributed by atoms with E-state index in [-0.39, 0.29) is 12.3 Å². The van der Waals surface area contributed by atoms with Crippen LogP contribution >= 0.6 is 11.8 Å². The highest BCUT2D eigenvalue weighted by Crippen LogP contribution is 2.23. The SMILES string of the molecule is Cc1nn(C)c(C)c1CC(=O)N1CSC[C@H]1C(=O)O. The minimum Gasteiger partial charge on any atom is -0.480 e. The quantitative estimate of drug-likeness (QED) is 0.877. The monoisotopic (exact) mass is 283 g/mol. The van der Waals surface area contributed by atoms with E-state index in [0.29, 0.717) is 11.6 Å². The molecule has 1 N–H and O–H groups in total. The number of carbonyl (C=O) groups excluding carboxylic acids is 1. The third-order valence-corrected chi connectivity index (χ3v) is 4.49. The molecule has 0 spiro atoms. The Morgan fingerprint density at radius 1 is 1.47 bits per heavy atom. The van der Waals surface area contributed by atoms with Crippen LogP contribution < -0.4 is 0 Å². The number of hydrogen-bond acceptors (Lipinski definition) is 4. The standard InChI is InChI=1S/C12H17N3O3S/c1-7-9(8(2)14(3)13-7)4-11(16)15-6-19-5-10(15)12(17)18/h10H,4-6H2,1-3H3,(H,17,18)/t10-/m0/s1. The summed E-state index contributed by atoms with van der Waals surface area (Å²) in [6.07, 6.45) is 0.218. The first-order chi connectivity index (χ1) is 8.91. The zero-order valence-electron chi connectivity index (χ0n) is 11.2. The largest absolute Gasteiger partial charge is 0.480 e. The van der Waals surface area contributed by atoms with Crippen LogP contribution in [-0.4, -0.2) is 49.3 Å². The Morgan fingerprint density at radius 2 is 2.16 bits per heavy atom. The summed E-state index contributed by atoms with van der Waals surface area (Å²) in [6.45, 7) is 3.78. The molecule has 1 amide bonds. The molecule has 1 aromatic rings. The highest BCUT2D eigenvalue weighted by Gasteiger charge is 2.34. The molecule has 1 atom stereocenters. The topological polar surface area (TPSA) is 75.4 Å². The number of thioether (sulfide) groups is 1. The number of carbonyl (C=O) groups is 2. The molecule has 0 radical (unpaired) electrons. The maximum Gasteiger partial charge on any atom is 0.327 e. The Labute approximate surface area is 115 Å². The lowest BCUT2D eigenvalue weighted by Crippen LogP contribution is -2.42. The number of hydrogen-bond donors (Lipinski definition) is 1. The summed E-state index contributed by atoms with van der Waals surface area (Å²) >= 11 is 1.47. The number of aromatic nitrogens is 2. The van der Waals surface area contributed by atoms with Crippen LogP contribution in [0.1, 0.15) is 17.0 Å². The molecular formula is C12H17N3O3S. The van der Waals surface area contributed by atoms with Crippen molar-refractivity contribution in [3.05, 3.63) is 17.0 Å². The Morgan fingerprint density at radius 3 is 2.68 bits per heavy atom. The molecule has 7 heteroatoms. The van der Waals surface area contributed by atoms with Crippen molar-refractivity contribution in [2.75, 3.05) is 11.6 Å². The highest BCUT2D eigenvalue weighted by molar-refractivity contribution is 7.99. The van der Waals surface area contributed by atoms with Crippen molar-refractivity contribution < 1.29 is 14.7 Å². The van der Waals surface area contributed by atoms with E-state index in [1.54, 1.807) is 4.68 Å². The van der Waals surface area contributed by atoms with E-state index in [4.69, 9.17) is 5.11 Å². The summed E-state index contributed by atoms with van der Waals surface area (Å²) in [5.74, 6) is -0.158. The van der Waals surface area contributed by atoms with E-state index in [9.17, 15) is 9.59 Å². The van der Waals surface area contributed by atoms with Gasteiger partial charge in [-0.15, -0.1) is 11.8 Å². The normalized spacial score (nSPS) is 18.9. The van der Waals surface area contributed by atoms with Crippen LogP contribution in [0.2, 0.25) is 0 Å². The van der Waals surface area contributed by atoms with Crippen LogP contribution in [0.5, 0.6) is 0 Å². The Hall–Kier alpha value is -1.50. The molecule has 0 aromatic carbocycles. The van der Waals surface area contributed by atoms with Crippen molar-refractivity contribution in [3.63, 3.8) is 0 Å². The second kappa shape index (κ2) is 5.24. The van der Waals surface area contributed by atoms with Gasteiger partial charge in [0.1, 0.15) is 6.04 Å². The fourth-order valence-electron chi connectivity index (χ4n) is 2.22. The average molecular weight is 283 g/mol. The molecular weight excluding hydrogens is 266 g/mol. The molecule has 2 rings (SSSR count). The summed E-state index contributed by atoms with van der Waals surface area (Å²) < 4.78 is 1.74. The lowest BCUT2D eigenvalue weighted by molar-refractivity contribution is -0.147. The molecule has 1 fully saturated rings. The molecule has 0 aliphatic carbocycles. The summed E-state index contributed by atoms with van der Waals surface area (Å²) in [5.41, 5.74) is 2.67. The van der Waals surface area contributed by atoms with E-state index in [0.717, 1.165) is 17.0 Å². The minimum absolute atomic E-state index is 0.142. The van der Waals surface area contributed by atoms with E-state index in [2.05, 4.69) is 5.10 Å². The molecule has 1 aliphatic heterocycles. The molecule has 19 heavy (non-hydrogen) atoms. The molecule has 1 saturated heterocycles. The predicted molar refractivity (Wildman–Crippen MR) is 72.0 cm³/mol. The smallest absolute Gasteiger partial charge is 0.327 e. The zero-order chi connectivity index (χ0) is 14.2. The maximum atomic E-state index is 12.3. The number of aryl methyl sites for hydroxylation is 2. The first-order valence-corrected chi connectivity index (χ1v) is 7.16. The van der Waals surface area contributed by atoms with E-state index >= 15 is 0 Å². The van der Waals surface area contributed by atoms with Crippen molar-refractivity contribution in [1.29, 1.82) is 0 Å². The third-order valence-electron chi connectivity index (χ3n) is 3.47. The number of amides is 1. The van der Waals surface area contributed by atoms with Gasteiger partial charge in [-0.1, -0.05) is 0 Å². The van der Waals surface area contributed by atoms with Gasteiger partial charge in [-0.25, -0.2) is 4.79 Å². The number of nitrogens with zero attached hydrogens (tertiary/aromatic N) is 3. The summed E-state index contributed by atoms with van der Waals surface area (Å²) in [7, 11) is 1.84. The molecule has 0 bridgehead atoms. The van der Waals surface area contributed by atoms with Gasteiger partial charge in [0.05, 0.1) is 18.0 Å². The second-order valence-electron chi connectivity index (χ2n) is 4.67. The van der Waals surface area contributed by atoms with Crippen LogP contribution in [0.15, 0.2) is 0 Å². The van der Waals surface area contributed by atoms with Crippen LogP contribution in [0.3, 0.4) is 0 Å². The van der Waals surface area contributed by atoms with Crippen LogP contribution in [-0.2, 0) is 23.1 Å². The summed E-state index contributed by atoms with van der Waals surface area (Å²) in [5, 5.41) is 13.4. The molecule has 2 heterocycles. The third kappa shape index (κ3) is 2.60. The number of rotatable bonds is 3. The van der Waals surface area contributed by atoms with Gasteiger partial charge in [0.15, 0.2) is 0 Å². The van der Waals surface area contributed by atoms with Gasteiger partial charge >= 0.3 is 5.97 Å². The minimum atomic E-state index is -0.932. The van der Waals surface area contributed by atoms with Crippen LogP contribution in [0.4, 0.5) is 0 Å². The van der Waals surface area contributed by atoms with Gasteiger partial charge in [-0.3, -0.25) is 9.48 Å². The molecule has 1 aliphatic rings. The van der Waals surface area contributed by atoms with E-state index in [1.807, 2.05) is 20.9 Å². The Kier molecular flexibility index (Phi) is 3.84. The predicted octanol–water partition coefficient (Wildman–Crippen LogP) is 0.566. The van der Waals surface area contributed by atoms with Crippen LogP contribution in [0.25, 0.3) is 0 Å². The first kappa shape index (κ1) is 13.9. The maximum absolute atomic E-state index is 12.3. The van der Waals surface area contributed by atoms with E-state index < -0.39 is 12.0 Å². The number of aliphatic carboxylic acids is 1. The van der Waals surface area contributed by atoms with Crippen molar-refractivity contribution in [1.82, 2.24) is 14.7 Å². The zero-order valence-corrected chi connectivity index (χ0v) is 12.0. The molecule has 104 valence electrons. The van der Waals surface area contributed by atoms with Gasteiger partial charge in [0.2, 0.25) is 5.91 Å². The lowest BCUT2D eigenvalue weighted by Gasteiger charge is -2.20.